The topological polar surface area (TPSA) is 67.0 Å². The number of carbonyl (C=O) groups excluding carboxylic acids is 1. The Morgan fingerprint density at radius 1 is 1.20 bits per heavy atom. The molecule has 152 valence electrons. The average Bonchev–Trinajstić information content (AvgIpc) is 3.00. The fraction of sp³-hybridized carbons (Fsp3) is 0.167. The maximum Gasteiger partial charge on any atom is 0.266 e. The number of ether oxygens (including phenoxy) is 1. The van der Waals surface area contributed by atoms with E-state index in [4.69, 9.17) is 16.3 Å². The van der Waals surface area contributed by atoms with Gasteiger partial charge < -0.3 is 14.6 Å². The van der Waals surface area contributed by atoms with Gasteiger partial charge in [-0.25, -0.2) is 0 Å². The van der Waals surface area contributed by atoms with Crippen LogP contribution >= 0.6 is 11.6 Å². The van der Waals surface area contributed by atoms with Crippen LogP contribution in [0.5, 0.6) is 5.75 Å². The van der Waals surface area contributed by atoms with Crippen molar-refractivity contribution in [2.24, 2.45) is 0 Å². The van der Waals surface area contributed by atoms with Gasteiger partial charge in [-0.1, -0.05) is 17.7 Å². The van der Waals surface area contributed by atoms with Crippen LogP contribution in [0.4, 0.5) is 5.69 Å². The van der Waals surface area contributed by atoms with Crippen LogP contribution in [-0.2, 0) is 4.79 Å². The van der Waals surface area contributed by atoms with Crippen LogP contribution in [0.1, 0.15) is 23.9 Å². The molecule has 0 atom stereocenters. The van der Waals surface area contributed by atoms with Crippen molar-refractivity contribution in [3.05, 3.63) is 82.1 Å². The van der Waals surface area contributed by atoms with E-state index < -0.39 is 5.91 Å². The Bertz CT molecular complexity index is 1140. The zero-order valence-electron chi connectivity index (χ0n) is 17.1. The van der Waals surface area contributed by atoms with Crippen molar-refractivity contribution in [2.45, 2.75) is 20.8 Å². The van der Waals surface area contributed by atoms with Crippen LogP contribution in [0.15, 0.2) is 60.2 Å². The maximum atomic E-state index is 12.7. The molecule has 0 saturated heterocycles. The Morgan fingerprint density at radius 2 is 1.93 bits per heavy atom. The van der Waals surface area contributed by atoms with Gasteiger partial charge in [-0.05, 0) is 74.9 Å². The van der Waals surface area contributed by atoms with Gasteiger partial charge in [-0.2, -0.15) is 5.26 Å². The fourth-order valence-corrected chi connectivity index (χ4v) is 3.38. The molecule has 1 aromatic heterocycles. The second-order valence-electron chi connectivity index (χ2n) is 6.72. The van der Waals surface area contributed by atoms with Crippen molar-refractivity contribution < 1.29 is 9.53 Å². The van der Waals surface area contributed by atoms with Crippen LogP contribution in [0.2, 0.25) is 5.02 Å². The molecule has 30 heavy (non-hydrogen) atoms. The highest BCUT2D eigenvalue weighted by atomic mass is 35.5. The minimum Gasteiger partial charge on any atom is -0.494 e. The summed E-state index contributed by atoms with van der Waals surface area (Å²) in [6.45, 7) is 6.35. The Balaban J connectivity index is 1.88. The molecule has 1 N–H and O–H groups in total. The van der Waals surface area contributed by atoms with Crippen molar-refractivity contribution in [1.82, 2.24) is 4.57 Å². The zero-order chi connectivity index (χ0) is 21.7. The van der Waals surface area contributed by atoms with E-state index in [0.717, 1.165) is 22.6 Å². The number of carbonyl (C=O) groups is 1. The highest BCUT2D eigenvalue weighted by Crippen LogP contribution is 2.24. The van der Waals surface area contributed by atoms with Crippen LogP contribution < -0.4 is 10.1 Å². The predicted octanol–water partition coefficient (Wildman–Crippen LogP) is 5.69. The summed E-state index contributed by atoms with van der Waals surface area (Å²) in [4.78, 5) is 12.7. The fourth-order valence-electron chi connectivity index (χ4n) is 3.25. The van der Waals surface area contributed by atoms with Crippen LogP contribution in [-0.4, -0.2) is 17.1 Å². The molecular weight excluding hydrogens is 398 g/mol. The Kier molecular flexibility index (Phi) is 6.61. The predicted molar refractivity (Wildman–Crippen MR) is 120 cm³/mol. The van der Waals surface area contributed by atoms with Gasteiger partial charge >= 0.3 is 0 Å². The van der Waals surface area contributed by atoms with Gasteiger partial charge in [0.15, 0.2) is 0 Å². The van der Waals surface area contributed by atoms with Gasteiger partial charge in [0.2, 0.25) is 0 Å². The van der Waals surface area contributed by atoms with Crippen molar-refractivity contribution in [2.75, 3.05) is 11.9 Å². The van der Waals surface area contributed by atoms with E-state index in [1.54, 1.807) is 24.3 Å². The largest absolute Gasteiger partial charge is 0.494 e. The number of amides is 1. The summed E-state index contributed by atoms with van der Waals surface area (Å²) in [6, 6.07) is 18.5. The molecule has 0 bridgehead atoms. The molecule has 1 amide bonds. The first-order chi connectivity index (χ1) is 14.4. The van der Waals surface area contributed by atoms with E-state index in [-0.39, 0.29) is 5.57 Å². The zero-order valence-corrected chi connectivity index (χ0v) is 17.8. The highest BCUT2D eigenvalue weighted by Gasteiger charge is 2.14. The number of nitrogens with zero attached hydrogens (tertiary/aromatic N) is 2. The normalized spacial score (nSPS) is 11.1. The summed E-state index contributed by atoms with van der Waals surface area (Å²) in [5, 5.41) is 13.0. The number of aryl methyl sites for hydroxylation is 1. The van der Waals surface area contributed by atoms with Gasteiger partial charge in [0.05, 0.1) is 6.61 Å². The number of benzene rings is 2. The summed E-state index contributed by atoms with van der Waals surface area (Å²) in [5.41, 5.74) is 4.27. The third-order valence-electron chi connectivity index (χ3n) is 4.62. The number of rotatable bonds is 6. The molecule has 0 aliphatic carbocycles. The molecule has 0 fully saturated rings. The van der Waals surface area contributed by atoms with Crippen molar-refractivity contribution in [1.29, 1.82) is 5.26 Å². The molecule has 0 aliphatic rings. The van der Waals surface area contributed by atoms with E-state index in [2.05, 4.69) is 9.88 Å². The van der Waals surface area contributed by atoms with Crippen molar-refractivity contribution >= 4 is 29.3 Å². The molecule has 1 heterocycles. The lowest BCUT2D eigenvalue weighted by atomic mass is 10.1. The van der Waals surface area contributed by atoms with E-state index in [1.165, 1.54) is 0 Å². The summed E-state index contributed by atoms with van der Waals surface area (Å²) < 4.78 is 7.51. The monoisotopic (exact) mass is 419 g/mol. The Hall–Kier alpha value is -3.49. The van der Waals surface area contributed by atoms with E-state index in [0.29, 0.717) is 23.1 Å². The number of nitriles is 1. The molecule has 3 aromatic rings. The molecule has 6 heteroatoms. The summed E-state index contributed by atoms with van der Waals surface area (Å²) in [7, 11) is 0. The third-order valence-corrected chi connectivity index (χ3v) is 4.87. The van der Waals surface area contributed by atoms with Crippen molar-refractivity contribution in [3.63, 3.8) is 0 Å². The maximum absolute atomic E-state index is 12.7. The van der Waals surface area contributed by atoms with Gasteiger partial charge in [0.1, 0.15) is 17.4 Å². The molecule has 0 spiro atoms. The smallest absolute Gasteiger partial charge is 0.266 e. The van der Waals surface area contributed by atoms with E-state index in [9.17, 15) is 10.1 Å². The number of aromatic nitrogens is 1. The first-order valence-corrected chi connectivity index (χ1v) is 9.91. The molecule has 2 aromatic carbocycles. The molecule has 0 saturated carbocycles. The molecule has 5 nitrogen and oxygen atoms in total. The third kappa shape index (κ3) is 4.73. The lowest BCUT2D eigenvalue weighted by molar-refractivity contribution is -0.112. The highest BCUT2D eigenvalue weighted by molar-refractivity contribution is 6.30. The molecule has 0 unspecified atom stereocenters. The van der Waals surface area contributed by atoms with Gasteiger partial charge in [-0.15, -0.1) is 0 Å². The van der Waals surface area contributed by atoms with E-state index in [1.807, 2.05) is 63.2 Å². The minimum absolute atomic E-state index is 0.0215. The number of hydrogen-bond acceptors (Lipinski definition) is 3. The SMILES string of the molecule is CCOc1cccc(NC(=O)/C(C#N)=C\c2cc(C)n(-c3ccc(Cl)cc3)c2C)c1. The van der Waals surface area contributed by atoms with Crippen molar-refractivity contribution in [3.8, 4) is 17.5 Å². The molecule has 3 rings (SSSR count). The molecular formula is C24H22ClN3O2. The Labute approximate surface area is 181 Å². The minimum atomic E-state index is -0.470. The molecule has 0 aliphatic heterocycles. The number of nitrogens with one attached hydrogen (secondary N) is 1. The standard InChI is InChI=1S/C24H22ClN3O2/c1-4-30-23-7-5-6-21(14-23)27-24(29)19(15-26)13-18-12-16(2)28(17(18)3)22-10-8-20(25)9-11-22/h5-14H,4H2,1-3H3,(H,27,29)/b19-13-. The number of anilines is 1. The van der Waals surface area contributed by atoms with Crippen LogP contribution in [0.25, 0.3) is 11.8 Å². The second-order valence-corrected chi connectivity index (χ2v) is 7.16. The summed E-state index contributed by atoms with van der Waals surface area (Å²) >= 11 is 5.99. The Morgan fingerprint density at radius 3 is 2.60 bits per heavy atom. The van der Waals surface area contributed by atoms with Crippen LogP contribution in [0, 0.1) is 25.2 Å². The first-order valence-electron chi connectivity index (χ1n) is 9.53. The molecule has 0 radical (unpaired) electrons. The van der Waals surface area contributed by atoms with Gasteiger partial charge in [0, 0.05) is 33.9 Å². The average molecular weight is 420 g/mol. The van der Waals surface area contributed by atoms with E-state index >= 15 is 0 Å². The lowest BCUT2D eigenvalue weighted by Crippen LogP contribution is -2.13. The summed E-state index contributed by atoms with van der Waals surface area (Å²) in [5.74, 6) is 0.187. The quantitative estimate of drug-likeness (QED) is 0.412. The summed E-state index contributed by atoms with van der Waals surface area (Å²) in [6.07, 6.45) is 1.61. The van der Waals surface area contributed by atoms with Gasteiger partial charge in [-0.3, -0.25) is 4.79 Å². The number of halogens is 1. The lowest BCUT2D eigenvalue weighted by Gasteiger charge is -2.10. The number of hydrogen-bond donors (Lipinski definition) is 1. The van der Waals surface area contributed by atoms with Crippen LogP contribution in [0.3, 0.4) is 0 Å². The second kappa shape index (κ2) is 9.34. The first kappa shape index (κ1) is 21.2. The van der Waals surface area contributed by atoms with Gasteiger partial charge in [0.25, 0.3) is 5.91 Å².